The number of H-pyrrole nitrogens is 1. The van der Waals surface area contributed by atoms with Crippen LogP contribution in [0.3, 0.4) is 0 Å². The van der Waals surface area contributed by atoms with E-state index in [0.717, 1.165) is 0 Å². The molecule has 3 atom stereocenters. The molecule has 10 heteroatoms. The van der Waals surface area contributed by atoms with Crippen molar-refractivity contribution in [1.29, 1.82) is 0 Å². The highest BCUT2D eigenvalue weighted by atomic mass is 79.9. The standard InChI is InChI=1S/C14H17BrN2O7/c1-22-7-12(19)23-6-10-9(18)4-11(24-10)17-5-8(2-3-15)13(20)16-14(17)21/h2-3,5,9-11,18H,4,6-7H2,1H3,(H,16,20,21)/b3-2+/t9?,10-,11-/m0/s1. The molecular formula is C14H17BrN2O7. The molecule has 2 rings (SSSR count). The third-order valence-corrected chi connectivity index (χ3v) is 3.69. The summed E-state index contributed by atoms with van der Waals surface area (Å²) < 4.78 is 16.3. The van der Waals surface area contributed by atoms with Crippen molar-refractivity contribution in [3.8, 4) is 0 Å². The SMILES string of the molecule is COCC(=O)OC[C@@H]1O[C@H](n2cc(/C=C/Br)c(=O)[nH]c2=O)CC1O. The van der Waals surface area contributed by atoms with Gasteiger partial charge in [0.05, 0.1) is 11.7 Å². The van der Waals surface area contributed by atoms with Gasteiger partial charge in [0, 0.05) is 19.7 Å². The number of carbonyl (C=O) groups is 1. The van der Waals surface area contributed by atoms with Crippen LogP contribution in [0.1, 0.15) is 18.2 Å². The lowest BCUT2D eigenvalue weighted by atomic mass is 10.2. The molecule has 0 saturated carbocycles. The zero-order valence-corrected chi connectivity index (χ0v) is 14.4. The lowest BCUT2D eigenvalue weighted by molar-refractivity contribution is -0.154. The molecule has 0 spiro atoms. The summed E-state index contributed by atoms with van der Waals surface area (Å²) in [5, 5.41) is 10.0. The third kappa shape index (κ3) is 4.41. The van der Waals surface area contributed by atoms with E-state index in [-0.39, 0.29) is 25.2 Å². The molecule has 1 unspecified atom stereocenters. The van der Waals surface area contributed by atoms with E-state index in [1.165, 1.54) is 28.9 Å². The number of aliphatic hydroxyl groups excluding tert-OH is 1. The van der Waals surface area contributed by atoms with Crippen LogP contribution in [0, 0.1) is 0 Å². The van der Waals surface area contributed by atoms with Gasteiger partial charge in [-0.3, -0.25) is 14.3 Å². The molecule has 0 bridgehead atoms. The minimum atomic E-state index is -0.917. The average Bonchev–Trinajstić information content (AvgIpc) is 2.89. The second-order valence-electron chi connectivity index (χ2n) is 5.09. The first-order chi connectivity index (χ1) is 11.5. The van der Waals surface area contributed by atoms with Gasteiger partial charge in [-0.05, 0) is 11.1 Å². The van der Waals surface area contributed by atoms with E-state index in [1.54, 1.807) is 0 Å². The number of nitrogens with one attached hydrogen (secondary N) is 1. The maximum absolute atomic E-state index is 12.0. The van der Waals surface area contributed by atoms with Crippen molar-refractivity contribution in [2.45, 2.75) is 24.9 Å². The number of methoxy groups -OCH3 is 1. The molecule has 1 aliphatic heterocycles. The summed E-state index contributed by atoms with van der Waals surface area (Å²) in [7, 11) is 1.36. The Bertz CT molecular complexity index is 727. The minimum Gasteiger partial charge on any atom is -0.461 e. The summed E-state index contributed by atoms with van der Waals surface area (Å²) in [6.45, 7) is -0.361. The Balaban J connectivity index is 2.11. The van der Waals surface area contributed by atoms with E-state index >= 15 is 0 Å². The summed E-state index contributed by atoms with van der Waals surface area (Å²) in [6, 6.07) is 0. The number of carbonyl (C=O) groups excluding carboxylic acids is 1. The van der Waals surface area contributed by atoms with Gasteiger partial charge in [-0.1, -0.05) is 15.9 Å². The second-order valence-corrected chi connectivity index (χ2v) is 5.62. The van der Waals surface area contributed by atoms with Gasteiger partial charge in [0.2, 0.25) is 0 Å². The number of ether oxygens (including phenoxy) is 3. The maximum Gasteiger partial charge on any atom is 0.332 e. The number of aromatic amines is 1. The first kappa shape index (κ1) is 18.6. The summed E-state index contributed by atoms with van der Waals surface area (Å²) in [5.74, 6) is -0.581. The van der Waals surface area contributed by atoms with Crippen LogP contribution in [0.15, 0.2) is 20.8 Å². The smallest absolute Gasteiger partial charge is 0.332 e. The van der Waals surface area contributed by atoms with E-state index in [1.807, 2.05) is 0 Å². The molecule has 1 aliphatic rings. The molecule has 132 valence electrons. The quantitative estimate of drug-likeness (QED) is 0.626. The van der Waals surface area contributed by atoms with Crippen LogP contribution in [0.4, 0.5) is 0 Å². The number of hydrogen-bond donors (Lipinski definition) is 2. The van der Waals surface area contributed by atoms with Crippen LogP contribution >= 0.6 is 15.9 Å². The van der Waals surface area contributed by atoms with Gasteiger partial charge < -0.3 is 19.3 Å². The molecule has 2 N–H and O–H groups in total. The Morgan fingerprint density at radius 1 is 1.58 bits per heavy atom. The van der Waals surface area contributed by atoms with E-state index < -0.39 is 35.7 Å². The maximum atomic E-state index is 12.0. The van der Waals surface area contributed by atoms with E-state index in [9.17, 15) is 19.5 Å². The fraction of sp³-hybridized carbons (Fsp3) is 0.500. The number of hydrogen-bond acceptors (Lipinski definition) is 7. The minimum absolute atomic E-state index is 0.121. The predicted octanol–water partition coefficient (Wildman–Crippen LogP) is -0.260. The van der Waals surface area contributed by atoms with Crippen molar-refractivity contribution in [3.05, 3.63) is 37.6 Å². The lowest BCUT2D eigenvalue weighted by Crippen LogP contribution is -2.33. The van der Waals surface area contributed by atoms with Crippen LogP contribution in [0.5, 0.6) is 0 Å². The van der Waals surface area contributed by atoms with Gasteiger partial charge in [-0.2, -0.15) is 0 Å². The molecule has 0 aliphatic carbocycles. The largest absolute Gasteiger partial charge is 0.461 e. The number of halogens is 1. The Kier molecular flexibility index (Phi) is 6.49. The zero-order chi connectivity index (χ0) is 17.7. The number of esters is 1. The van der Waals surface area contributed by atoms with E-state index in [4.69, 9.17) is 9.47 Å². The van der Waals surface area contributed by atoms with Gasteiger partial charge in [0.15, 0.2) is 0 Å². The summed E-state index contributed by atoms with van der Waals surface area (Å²) in [6.07, 6.45) is 0.470. The Labute approximate surface area is 145 Å². The number of aromatic nitrogens is 2. The van der Waals surface area contributed by atoms with Crippen molar-refractivity contribution in [3.63, 3.8) is 0 Å². The Morgan fingerprint density at radius 2 is 2.33 bits per heavy atom. The normalized spacial score (nSPS) is 23.7. The fourth-order valence-electron chi connectivity index (χ4n) is 2.27. The Hall–Kier alpha value is -1.75. The number of aliphatic hydroxyl groups is 1. The molecule has 0 amide bonds. The molecule has 0 aromatic carbocycles. The van der Waals surface area contributed by atoms with Gasteiger partial charge >= 0.3 is 11.7 Å². The number of nitrogens with zero attached hydrogens (tertiary/aromatic N) is 1. The van der Waals surface area contributed by atoms with E-state index in [0.29, 0.717) is 0 Å². The van der Waals surface area contributed by atoms with Gasteiger partial charge in [0.1, 0.15) is 25.5 Å². The van der Waals surface area contributed by atoms with Gasteiger partial charge in [0.25, 0.3) is 5.56 Å². The van der Waals surface area contributed by atoms with E-state index in [2.05, 4.69) is 25.7 Å². The highest BCUT2D eigenvalue weighted by Crippen LogP contribution is 2.27. The molecule has 24 heavy (non-hydrogen) atoms. The monoisotopic (exact) mass is 404 g/mol. The predicted molar refractivity (Wildman–Crippen MR) is 86.7 cm³/mol. The van der Waals surface area contributed by atoms with Crippen LogP contribution in [0.2, 0.25) is 0 Å². The summed E-state index contributed by atoms with van der Waals surface area (Å²) >= 11 is 3.06. The second kappa shape index (κ2) is 8.38. The molecule has 2 heterocycles. The highest BCUT2D eigenvalue weighted by Gasteiger charge is 2.36. The highest BCUT2D eigenvalue weighted by molar-refractivity contribution is 9.11. The van der Waals surface area contributed by atoms with Crippen molar-refractivity contribution in [2.24, 2.45) is 0 Å². The van der Waals surface area contributed by atoms with Crippen LogP contribution in [-0.2, 0) is 19.0 Å². The molecule has 1 aromatic heterocycles. The Morgan fingerprint density at radius 3 is 3.00 bits per heavy atom. The molecule has 9 nitrogen and oxygen atoms in total. The first-order valence-electron chi connectivity index (χ1n) is 7.06. The van der Waals surface area contributed by atoms with Crippen molar-refractivity contribution >= 4 is 28.0 Å². The third-order valence-electron chi connectivity index (χ3n) is 3.42. The van der Waals surface area contributed by atoms with Crippen LogP contribution in [0.25, 0.3) is 6.08 Å². The van der Waals surface area contributed by atoms with Crippen molar-refractivity contribution < 1.29 is 24.1 Å². The topological polar surface area (TPSA) is 120 Å². The molecule has 1 saturated heterocycles. The van der Waals surface area contributed by atoms with Crippen LogP contribution < -0.4 is 11.2 Å². The van der Waals surface area contributed by atoms with Gasteiger partial charge in [-0.25, -0.2) is 9.59 Å². The van der Waals surface area contributed by atoms with Crippen molar-refractivity contribution in [1.82, 2.24) is 9.55 Å². The summed E-state index contributed by atoms with van der Waals surface area (Å²) in [5.41, 5.74) is -0.934. The lowest BCUT2D eigenvalue weighted by Gasteiger charge is -2.16. The van der Waals surface area contributed by atoms with Gasteiger partial charge in [-0.15, -0.1) is 0 Å². The molecule has 0 radical (unpaired) electrons. The number of rotatable bonds is 6. The summed E-state index contributed by atoms with van der Waals surface area (Å²) in [4.78, 5) is 38.6. The van der Waals surface area contributed by atoms with Crippen LogP contribution in [-0.4, -0.2) is 53.2 Å². The fourth-order valence-corrected chi connectivity index (χ4v) is 2.56. The molecule has 1 aromatic rings. The zero-order valence-electron chi connectivity index (χ0n) is 12.8. The first-order valence-corrected chi connectivity index (χ1v) is 7.98. The molecular weight excluding hydrogens is 388 g/mol. The average molecular weight is 405 g/mol. The van der Waals surface area contributed by atoms with Crippen molar-refractivity contribution in [2.75, 3.05) is 20.3 Å². The molecule has 1 fully saturated rings.